The highest BCUT2D eigenvalue weighted by atomic mass is 32.2. The summed E-state index contributed by atoms with van der Waals surface area (Å²) in [6.45, 7) is 3.97. The smallest absolute Gasteiger partial charge is 0.326 e. The fourth-order valence-electron chi connectivity index (χ4n) is 1.97. The van der Waals surface area contributed by atoms with E-state index in [2.05, 4.69) is 6.92 Å². The van der Waals surface area contributed by atoms with Crippen LogP contribution in [0.4, 0.5) is 0 Å². The highest BCUT2D eigenvalue weighted by molar-refractivity contribution is 8.26. The van der Waals surface area contributed by atoms with Crippen LogP contribution in [0.5, 0.6) is 0 Å². The van der Waals surface area contributed by atoms with Gasteiger partial charge in [0.05, 0.1) is 11.5 Å². The molecule has 0 unspecified atom stereocenters. The highest BCUT2D eigenvalue weighted by Gasteiger charge is 2.33. The molecule has 0 aromatic heterocycles. The van der Waals surface area contributed by atoms with E-state index in [0.29, 0.717) is 9.23 Å². The molecule has 22 heavy (non-hydrogen) atoms. The number of carbonyl (C=O) groups is 2. The van der Waals surface area contributed by atoms with Crippen LogP contribution in [0.3, 0.4) is 0 Å². The van der Waals surface area contributed by atoms with Gasteiger partial charge in [0.2, 0.25) is 0 Å². The first-order valence-electron chi connectivity index (χ1n) is 7.05. The van der Waals surface area contributed by atoms with Crippen molar-refractivity contribution in [1.82, 2.24) is 4.90 Å². The summed E-state index contributed by atoms with van der Waals surface area (Å²) < 4.78 is 5.24. The van der Waals surface area contributed by atoms with Gasteiger partial charge in [-0.25, -0.2) is 0 Å². The van der Waals surface area contributed by atoms with Crippen LogP contribution < -0.4 is 0 Å². The van der Waals surface area contributed by atoms with Crippen LogP contribution in [0.25, 0.3) is 6.08 Å². The van der Waals surface area contributed by atoms with E-state index in [4.69, 9.17) is 17.0 Å². The minimum absolute atomic E-state index is 0.134. The Morgan fingerprint density at radius 3 is 2.59 bits per heavy atom. The van der Waals surface area contributed by atoms with Crippen molar-refractivity contribution < 1.29 is 14.3 Å². The summed E-state index contributed by atoms with van der Waals surface area (Å²) in [4.78, 5) is 25.7. The Morgan fingerprint density at radius 1 is 1.32 bits per heavy atom. The Morgan fingerprint density at radius 2 is 2.00 bits per heavy atom. The van der Waals surface area contributed by atoms with E-state index in [1.165, 1.54) is 22.2 Å². The Bertz CT molecular complexity index is 623. The van der Waals surface area contributed by atoms with Crippen molar-refractivity contribution in [3.05, 3.63) is 40.3 Å². The molecule has 4 nitrogen and oxygen atoms in total. The molecule has 1 fully saturated rings. The van der Waals surface area contributed by atoms with E-state index < -0.39 is 5.97 Å². The fourth-order valence-corrected chi connectivity index (χ4v) is 3.23. The number of nitrogens with zero attached hydrogens (tertiary/aromatic N) is 1. The fraction of sp³-hybridized carbons (Fsp3) is 0.312. The Balaban J connectivity index is 2.12. The van der Waals surface area contributed by atoms with Gasteiger partial charge in [0, 0.05) is 0 Å². The highest BCUT2D eigenvalue weighted by Crippen LogP contribution is 2.32. The number of hydrogen-bond acceptors (Lipinski definition) is 5. The number of benzene rings is 1. The Kier molecular flexibility index (Phi) is 5.74. The molecule has 1 aromatic rings. The molecule has 116 valence electrons. The van der Waals surface area contributed by atoms with Crippen LogP contribution in [0.2, 0.25) is 0 Å². The molecule has 1 aliphatic heterocycles. The standard InChI is InChI=1S/C16H17NO3S2/c1-3-11-5-7-12(8-6-11)9-13-15(19)17(16(21)22-13)10-14(18)20-4-2/h5-9H,3-4,10H2,1-2H3/b13-9+. The molecule has 0 saturated carbocycles. The monoisotopic (exact) mass is 335 g/mol. The molecule has 0 N–H and O–H groups in total. The zero-order chi connectivity index (χ0) is 16.1. The van der Waals surface area contributed by atoms with Crippen LogP contribution in [-0.4, -0.2) is 34.2 Å². The predicted octanol–water partition coefficient (Wildman–Crippen LogP) is 3.01. The third kappa shape index (κ3) is 3.96. The van der Waals surface area contributed by atoms with Crippen molar-refractivity contribution >= 4 is 46.3 Å². The largest absolute Gasteiger partial charge is 0.465 e. The van der Waals surface area contributed by atoms with Gasteiger partial charge < -0.3 is 4.74 Å². The maximum absolute atomic E-state index is 12.3. The lowest BCUT2D eigenvalue weighted by atomic mass is 10.1. The molecule has 1 saturated heterocycles. The zero-order valence-electron chi connectivity index (χ0n) is 12.5. The Labute approximate surface area is 139 Å². The van der Waals surface area contributed by atoms with Gasteiger partial charge in [0.1, 0.15) is 10.9 Å². The number of thiocarbonyl (C=S) groups is 1. The van der Waals surface area contributed by atoms with E-state index in [9.17, 15) is 9.59 Å². The van der Waals surface area contributed by atoms with Crippen LogP contribution in [0, 0.1) is 0 Å². The van der Waals surface area contributed by atoms with Gasteiger partial charge in [-0.05, 0) is 30.5 Å². The lowest BCUT2D eigenvalue weighted by Gasteiger charge is -2.12. The van der Waals surface area contributed by atoms with Crippen molar-refractivity contribution in [2.24, 2.45) is 0 Å². The summed E-state index contributed by atoms with van der Waals surface area (Å²) in [5.74, 6) is -0.699. The summed E-state index contributed by atoms with van der Waals surface area (Å²) in [6, 6.07) is 8.00. The average Bonchev–Trinajstić information content (AvgIpc) is 2.76. The first-order valence-corrected chi connectivity index (χ1v) is 8.27. The van der Waals surface area contributed by atoms with Crippen molar-refractivity contribution in [2.45, 2.75) is 20.3 Å². The topological polar surface area (TPSA) is 46.6 Å². The molecule has 6 heteroatoms. The second kappa shape index (κ2) is 7.56. The summed E-state index contributed by atoms with van der Waals surface area (Å²) in [6.07, 6.45) is 2.77. The van der Waals surface area contributed by atoms with E-state index >= 15 is 0 Å². The van der Waals surface area contributed by atoms with E-state index in [1.54, 1.807) is 13.0 Å². The summed E-state index contributed by atoms with van der Waals surface area (Å²) in [5.41, 5.74) is 2.18. The minimum atomic E-state index is -0.452. The van der Waals surface area contributed by atoms with Crippen molar-refractivity contribution in [3.63, 3.8) is 0 Å². The summed E-state index contributed by atoms with van der Waals surface area (Å²) in [7, 11) is 0. The molecule has 1 amide bonds. The minimum Gasteiger partial charge on any atom is -0.465 e. The molecule has 1 aliphatic rings. The number of amides is 1. The number of rotatable bonds is 5. The quantitative estimate of drug-likeness (QED) is 0.470. The zero-order valence-corrected chi connectivity index (χ0v) is 14.1. The van der Waals surface area contributed by atoms with Gasteiger partial charge in [-0.15, -0.1) is 0 Å². The number of hydrogen-bond donors (Lipinski definition) is 0. The van der Waals surface area contributed by atoms with Crippen LogP contribution in [0.1, 0.15) is 25.0 Å². The number of aryl methyl sites for hydroxylation is 1. The van der Waals surface area contributed by atoms with Crippen molar-refractivity contribution in [3.8, 4) is 0 Å². The molecule has 0 spiro atoms. The summed E-state index contributed by atoms with van der Waals surface area (Å²) >= 11 is 6.38. The van der Waals surface area contributed by atoms with Gasteiger partial charge in [-0.2, -0.15) is 0 Å². The molecule has 0 atom stereocenters. The first kappa shape index (κ1) is 16.7. The molecule has 0 radical (unpaired) electrons. The number of carbonyl (C=O) groups excluding carboxylic acids is 2. The molecule has 0 bridgehead atoms. The first-order chi connectivity index (χ1) is 10.5. The second-order valence-corrected chi connectivity index (χ2v) is 6.34. The average molecular weight is 335 g/mol. The number of esters is 1. The molecular weight excluding hydrogens is 318 g/mol. The maximum Gasteiger partial charge on any atom is 0.326 e. The third-order valence-corrected chi connectivity index (χ3v) is 4.53. The van der Waals surface area contributed by atoms with Gasteiger partial charge in [-0.3, -0.25) is 14.5 Å². The molecule has 0 aliphatic carbocycles. The van der Waals surface area contributed by atoms with Gasteiger partial charge in [-0.1, -0.05) is 55.2 Å². The van der Waals surface area contributed by atoms with Gasteiger partial charge in [0.25, 0.3) is 5.91 Å². The second-order valence-electron chi connectivity index (χ2n) is 4.67. The number of thioether (sulfide) groups is 1. The molecule has 1 heterocycles. The van der Waals surface area contributed by atoms with Crippen LogP contribution in [0.15, 0.2) is 29.2 Å². The van der Waals surface area contributed by atoms with Crippen LogP contribution >= 0.6 is 24.0 Å². The van der Waals surface area contributed by atoms with Gasteiger partial charge >= 0.3 is 5.97 Å². The van der Waals surface area contributed by atoms with E-state index in [0.717, 1.165) is 12.0 Å². The maximum atomic E-state index is 12.3. The number of ether oxygens (including phenoxy) is 1. The third-order valence-electron chi connectivity index (χ3n) is 3.15. The SMILES string of the molecule is CCOC(=O)CN1C(=O)/C(=C\c2ccc(CC)cc2)SC1=S. The van der Waals surface area contributed by atoms with Crippen molar-refractivity contribution in [1.29, 1.82) is 0 Å². The van der Waals surface area contributed by atoms with Gasteiger partial charge in [0.15, 0.2) is 0 Å². The summed E-state index contributed by atoms with van der Waals surface area (Å²) in [5, 5.41) is 0. The molecule has 1 aromatic carbocycles. The normalized spacial score (nSPS) is 16.5. The van der Waals surface area contributed by atoms with E-state index in [-0.39, 0.29) is 19.1 Å². The van der Waals surface area contributed by atoms with E-state index in [1.807, 2.05) is 24.3 Å². The van der Waals surface area contributed by atoms with Crippen molar-refractivity contribution in [2.75, 3.05) is 13.2 Å². The molecular formula is C16H17NO3S2. The lowest BCUT2D eigenvalue weighted by molar-refractivity contribution is -0.145. The lowest BCUT2D eigenvalue weighted by Crippen LogP contribution is -2.34. The molecule has 2 rings (SSSR count). The van der Waals surface area contributed by atoms with Crippen LogP contribution in [-0.2, 0) is 20.7 Å². The predicted molar refractivity (Wildman–Crippen MR) is 92.3 cm³/mol. The Hall–Kier alpha value is -1.66.